The third-order valence-electron chi connectivity index (χ3n) is 12.9. The van der Waals surface area contributed by atoms with Gasteiger partial charge in [-0.15, -0.1) is 0 Å². The van der Waals surface area contributed by atoms with Crippen molar-refractivity contribution in [1.29, 1.82) is 0 Å². The Labute approximate surface area is 490 Å². The Balaban J connectivity index is 0.0000189. The molecule has 3 aromatic carbocycles. The lowest BCUT2D eigenvalue weighted by Gasteiger charge is -2.15. The zero-order chi connectivity index (χ0) is 61.7. The van der Waals surface area contributed by atoms with Gasteiger partial charge in [0, 0.05) is 57.4 Å². The second-order valence-corrected chi connectivity index (χ2v) is 21.5. The molecule has 0 aliphatic carbocycles. The van der Waals surface area contributed by atoms with Gasteiger partial charge in [0.1, 0.15) is 73.7 Å². The number of rotatable bonds is 39. The number of nitrogens with zero attached hydrogens (tertiary/aromatic N) is 3. The number of ether oxygens (including phenoxy) is 6. The van der Waals surface area contributed by atoms with Crippen molar-refractivity contribution < 1.29 is 73.9 Å². The van der Waals surface area contributed by atoms with Gasteiger partial charge in [0.2, 0.25) is 0 Å². The Morgan fingerprint density at radius 1 is 0.369 bits per heavy atom. The minimum Gasteiger partial charge on any atom is -0.490 e. The SMILES string of the molecule is CC(C)(O)C(=O)c1ccc(OCCOC(=O)NCCCCCCn2c(=O)n(CCCCCCNC(=O)OCCOc3ccc(C(=O)C(C)(C)O)cc3)c(=O)n(CCCCCCNC(=O)OCCOc3ccc(C(=O)C(C)(C)O)cc3)c2=O)cc1.[HH]. The summed E-state index contributed by atoms with van der Waals surface area (Å²) >= 11 is 0. The molecule has 84 heavy (non-hydrogen) atoms. The molecular weight excluding hydrogens is 1090 g/mol. The molecule has 0 bridgehead atoms. The maximum Gasteiger partial charge on any atom is 0.407 e. The van der Waals surface area contributed by atoms with Crippen LogP contribution >= 0.6 is 0 Å². The van der Waals surface area contributed by atoms with Crippen LogP contribution in [0.2, 0.25) is 0 Å². The number of alkyl carbamates (subject to hydrolysis) is 3. The van der Waals surface area contributed by atoms with Crippen molar-refractivity contribution in [2.75, 3.05) is 59.3 Å². The van der Waals surface area contributed by atoms with Crippen LogP contribution in [0.15, 0.2) is 87.2 Å². The summed E-state index contributed by atoms with van der Waals surface area (Å²) in [7, 11) is 0. The third-order valence-corrected chi connectivity index (χ3v) is 12.9. The molecule has 24 nitrogen and oxygen atoms in total. The predicted octanol–water partition coefficient (Wildman–Crippen LogP) is 6.38. The number of aliphatic hydroxyl groups is 3. The molecule has 1 aromatic heterocycles. The van der Waals surface area contributed by atoms with E-state index in [2.05, 4.69) is 16.0 Å². The quantitative estimate of drug-likeness (QED) is 0.0160. The minimum atomic E-state index is -1.50. The summed E-state index contributed by atoms with van der Waals surface area (Å²) in [6, 6.07) is 18.8. The van der Waals surface area contributed by atoms with E-state index in [-0.39, 0.29) is 60.7 Å². The van der Waals surface area contributed by atoms with Crippen LogP contribution < -0.4 is 47.2 Å². The highest BCUT2D eigenvalue weighted by Gasteiger charge is 2.27. The van der Waals surface area contributed by atoms with Gasteiger partial charge in [0.25, 0.3) is 0 Å². The summed E-state index contributed by atoms with van der Waals surface area (Å²) in [5.41, 5.74) is -5.58. The van der Waals surface area contributed by atoms with Gasteiger partial charge in [-0.1, -0.05) is 38.5 Å². The van der Waals surface area contributed by atoms with Crippen molar-refractivity contribution >= 4 is 35.6 Å². The van der Waals surface area contributed by atoms with Crippen LogP contribution in [0.1, 0.15) is 151 Å². The number of hydrogen-bond donors (Lipinski definition) is 6. The van der Waals surface area contributed by atoms with E-state index < -0.39 is 69.5 Å². The van der Waals surface area contributed by atoms with Crippen LogP contribution in [0.5, 0.6) is 17.2 Å². The average molecular weight is 1180 g/mol. The van der Waals surface area contributed by atoms with Crippen molar-refractivity contribution in [3.8, 4) is 17.2 Å². The van der Waals surface area contributed by atoms with Crippen LogP contribution in [-0.4, -0.2) is 141 Å². The molecule has 0 atom stereocenters. The molecule has 4 rings (SSSR count). The van der Waals surface area contributed by atoms with E-state index in [1.165, 1.54) is 41.5 Å². The van der Waals surface area contributed by atoms with Crippen LogP contribution in [0, 0.1) is 0 Å². The number of carbonyl (C=O) groups is 6. The average Bonchev–Trinajstić information content (AvgIpc) is 2.49. The van der Waals surface area contributed by atoms with Crippen molar-refractivity contribution in [2.24, 2.45) is 0 Å². The zero-order valence-electron chi connectivity index (χ0n) is 49.2. The summed E-state index contributed by atoms with van der Waals surface area (Å²) in [4.78, 5) is 115. The molecule has 464 valence electrons. The number of carbonyl (C=O) groups excluding carboxylic acids is 6. The zero-order valence-corrected chi connectivity index (χ0v) is 49.2. The highest BCUT2D eigenvalue weighted by Crippen LogP contribution is 2.20. The number of unbranched alkanes of at least 4 members (excludes halogenated alkanes) is 9. The van der Waals surface area contributed by atoms with E-state index in [1.807, 2.05) is 0 Å². The number of nitrogens with one attached hydrogen (secondary N) is 3. The van der Waals surface area contributed by atoms with Crippen molar-refractivity contribution in [2.45, 2.75) is 155 Å². The molecule has 0 aliphatic rings. The molecule has 24 heteroatoms. The standard InChI is InChI=1S/C60H84N6O18.H2/c1-58(2,76)49(67)43-19-25-46(26-20-43)79-37-40-82-52(70)61-31-13-7-10-16-34-64-55(73)65(35-17-11-8-14-32-62-53(71)83-41-38-80-47-27-21-44(22-28-47)50(68)59(3,4)77)57(75)66(56(64)74)36-18-12-9-15-33-63-54(72)84-42-39-81-48-29-23-45(24-30-48)51(69)60(5,6)78;/h19-30,76-78H,7-18,31-42H2,1-6H3,(H,61,70)(H,62,71)(H,63,72);1H. The maximum absolute atomic E-state index is 13.7. The molecular formula is C60H86N6O18. The van der Waals surface area contributed by atoms with E-state index in [0.717, 1.165) is 13.7 Å². The molecule has 6 N–H and O–H groups in total. The normalized spacial score (nSPS) is 11.5. The number of hydrogen-bond acceptors (Lipinski definition) is 18. The summed E-state index contributed by atoms with van der Waals surface area (Å²) in [6.45, 7) is 9.80. The molecule has 0 radical (unpaired) electrons. The fraction of sp³-hybridized carbons (Fsp3) is 0.550. The van der Waals surface area contributed by atoms with E-state index in [0.29, 0.717) is 131 Å². The monoisotopic (exact) mass is 1180 g/mol. The number of Topliss-reactive ketones (excluding diaryl/α,β-unsaturated/α-hetero) is 3. The fourth-order valence-electron chi connectivity index (χ4n) is 8.28. The summed E-state index contributed by atoms with van der Waals surface area (Å²) < 4.78 is 35.5. The van der Waals surface area contributed by atoms with Gasteiger partial charge in [-0.3, -0.25) is 14.4 Å². The van der Waals surface area contributed by atoms with Crippen LogP contribution in [0.4, 0.5) is 14.4 Å². The first kappa shape index (κ1) is 68.7. The predicted molar refractivity (Wildman–Crippen MR) is 312 cm³/mol. The maximum atomic E-state index is 13.7. The first-order chi connectivity index (χ1) is 39.9. The number of benzene rings is 3. The molecule has 0 fully saturated rings. The van der Waals surface area contributed by atoms with Gasteiger partial charge in [-0.25, -0.2) is 42.5 Å². The van der Waals surface area contributed by atoms with Gasteiger partial charge >= 0.3 is 35.3 Å². The molecule has 0 unspecified atom stereocenters. The second-order valence-electron chi connectivity index (χ2n) is 21.5. The Hall–Kier alpha value is -7.83. The van der Waals surface area contributed by atoms with Gasteiger partial charge < -0.3 is 59.7 Å². The minimum absolute atomic E-state index is 0. The Bertz CT molecular complexity index is 2580. The molecule has 3 amide bonds. The number of ketones is 3. The Kier molecular flexibility index (Phi) is 28.4. The van der Waals surface area contributed by atoms with Gasteiger partial charge in [-0.05, 0) is 153 Å². The van der Waals surface area contributed by atoms with Crippen LogP contribution in [0.3, 0.4) is 0 Å². The van der Waals surface area contributed by atoms with Gasteiger partial charge in [0.05, 0.1) is 0 Å². The van der Waals surface area contributed by atoms with Crippen molar-refractivity contribution in [3.63, 3.8) is 0 Å². The van der Waals surface area contributed by atoms with Gasteiger partial charge in [0.15, 0.2) is 17.3 Å². The third kappa shape index (κ3) is 24.6. The van der Waals surface area contributed by atoms with Crippen molar-refractivity contribution in [3.05, 3.63) is 121 Å². The van der Waals surface area contributed by atoms with E-state index in [9.17, 15) is 58.5 Å². The van der Waals surface area contributed by atoms with Crippen molar-refractivity contribution in [1.82, 2.24) is 29.7 Å². The summed E-state index contributed by atoms with van der Waals surface area (Å²) in [6.07, 6.45) is 5.13. The van der Waals surface area contributed by atoms with Crippen LogP contribution in [0.25, 0.3) is 0 Å². The molecule has 1 heterocycles. The van der Waals surface area contributed by atoms with E-state index >= 15 is 0 Å². The summed E-state index contributed by atoms with van der Waals surface area (Å²) in [5.74, 6) is 0.121. The van der Waals surface area contributed by atoms with Gasteiger partial charge in [-0.2, -0.15) is 0 Å². The highest BCUT2D eigenvalue weighted by molar-refractivity contribution is 6.03. The fourth-order valence-corrected chi connectivity index (χ4v) is 8.28. The summed E-state index contributed by atoms with van der Waals surface area (Å²) in [5, 5.41) is 37.9. The molecule has 4 aromatic rings. The van der Waals surface area contributed by atoms with E-state index in [4.69, 9.17) is 28.4 Å². The first-order valence-electron chi connectivity index (χ1n) is 28.5. The van der Waals surface area contributed by atoms with Crippen LogP contribution in [-0.2, 0) is 33.8 Å². The lowest BCUT2D eigenvalue weighted by atomic mass is 9.97. The lowest BCUT2D eigenvalue weighted by Crippen LogP contribution is -2.54. The largest absolute Gasteiger partial charge is 0.490 e. The topological polar surface area (TPSA) is 321 Å². The Morgan fingerprint density at radius 3 is 0.821 bits per heavy atom. The molecule has 0 aliphatic heterocycles. The molecule has 0 saturated carbocycles. The smallest absolute Gasteiger partial charge is 0.407 e. The second kappa shape index (κ2) is 34.7. The number of amides is 3. The molecule has 0 spiro atoms. The van der Waals surface area contributed by atoms with E-state index in [1.54, 1.807) is 72.8 Å². The molecule has 0 saturated heterocycles. The lowest BCUT2D eigenvalue weighted by molar-refractivity contribution is 0.0487. The Morgan fingerprint density at radius 2 is 0.595 bits per heavy atom. The number of aromatic nitrogens is 3. The first-order valence-corrected chi connectivity index (χ1v) is 28.5. The highest BCUT2D eigenvalue weighted by atomic mass is 16.6.